The summed E-state index contributed by atoms with van der Waals surface area (Å²) in [5, 5.41) is 4.29. The topological polar surface area (TPSA) is 43.8 Å². The number of hydrogen-bond acceptors (Lipinski definition) is 2. The van der Waals surface area contributed by atoms with Crippen LogP contribution in [0.25, 0.3) is 11.3 Å². The smallest absolute Gasteiger partial charge is 0.0856 e. The molecule has 0 aliphatic heterocycles. The van der Waals surface area contributed by atoms with E-state index in [9.17, 15) is 0 Å². The Kier molecular flexibility index (Phi) is 3.35. The van der Waals surface area contributed by atoms with Gasteiger partial charge in [0.05, 0.1) is 17.5 Å². The molecule has 3 heteroatoms. The fourth-order valence-electron chi connectivity index (χ4n) is 1.82. The van der Waals surface area contributed by atoms with Gasteiger partial charge in [0, 0.05) is 23.7 Å². The second kappa shape index (κ2) is 4.81. The van der Waals surface area contributed by atoms with Crippen LogP contribution in [0.15, 0.2) is 30.5 Å². The molecule has 0 radical (unpaired) electrons. The molecule has 0 bridgehead atoms. The molecule has 0 unspecified atom stereocenters. The first-order chi connectivity index (χ1) is 8.88. The van der Waals surface area contributed by atoms with Gasteiger partial charge in [-0.1, -0.05) is 30.0 Å². The van der Waals surface area contributed by atoms with Crippen LogP contribution in [0.4, 0.5) is 5.69 Å². The van der Waals surface area contributed by atoms with E-state index in [1.165, 1.54) is 0 Å². The minimum atomic E-state index is -0.0324. The van der Waals surface area contributed by atoms with Crippen molar-refractivity contribution >= 4 is 5.69 Å². The van der Waals surface area contributed by atoms with Gasteiger partial charge in [0.1, 0.15) is 0 Å². The van der Waals surface area contributed by atoms with Crippen LogP contribution in [0, 0.1) is 17.3 Å². The Hall–Kier alpha value is -2.21. The lowest BCUT2D eigenvalue weighted by atomic mass is 9.97. The lowest BCUT2D eigenvalue weighted by Crippen LogP contribution is -2.00. The van der Waals surface area contributed by atoms with Crippen LogP contribution in [0.1, 0.15) is 26.3 Å². The van der Waals surface area contributed by atoms with Crippen molar-refractivity contribution in [3.05, 3.63) is 36.0 Å². The first-order valence-corrected chi connectivity index (χ1v) is 6.28. The van der Waals surface area contributed by atoms with Gasteiger partial charge in [-0.3, -0.25) is 4.68 Å². The average molecular weight is 253 g/mol. The van der Waals surface area contributed by atoms with E-state index in [4.69, 9.17) is 5.73 Å². The van der Waals surface area contributed by atoms with E-state index in [0.717, 1.165) is 22.5 Å². The SMILES string of the molecule is Cn1ncc(C#CC(C)(C)C)c1-c1ccccc1N. The second-order valence-electron chi connectivity index (χ2n) is 5.62. The van der Waals surface area contributed by atoms with E-state index in [0.29, 0.717) is 0 Å². The standard InChI is InChI=1S/C16H19N3/c1-16(2,3)10-9-12-11-18-19(4)15(12)13-7-5-6-8-14(13)17/h5-8,11H,17H2,1-4H3. The van der Waals surface area contributed by atoms with E-state index in [1.54, 1.807) is 6.20 Å². The number of benzene rings is 1. The summed E-state index contributed by atoms with van der Waals surface area (Å²) in [4.78, 5) is 0. The molecule has 0 atom stereocenters. The molecule has 1 aromatic heterocycles. The van der Waals surface area contributed by atoms with Crippen LogP contribution in [0.5, 0.6) is 0 Å². The number of nitrogens with zero attached hydrogens (tertiary/aromatic N) is 2. The molecule has 1 heterocycles. The maximum absolute atomic E-state index is 6.04. The summed E-state index contributed by atoms with van der Waals surface area (Å²) < 4.78 is 1.82. The third-order valence-electron chi connectivity index (χ3n) is 2.73. The normalized spacial score (nSPS) is 10.9. The van der Waals surface area contributed by atoms with Crippen LogP contribution in [-0.2, 0) is 7.05 Å². The van der Waals surface area contributed by atoms with Crippen molar-refractivity contribution in [3.8, 4) is 23.1 Å². The fraction of sp³-hybridized carbons (Fsp3) is 0.312. The van der Waals surface area contributed by atoms with Gasteiger partial charge in [-0.15, -0.1) is 0 Å². The summed E-state index contributed by atoms with van der Waals surface area (Å²) in [6.07, 6.45) is 1.79. The zero-order chi connectivity index (χ0) is 14.0. The quantitative estimate of drug-likeness (QED) is 0.627. The van der Waals surface area contributed by atoms with Crippen LogP contribution in [0.2, 0.25) is 0 Å². The minimum Gasteiger partial charge on any atom is -0.398 e. The molecule has 1 aromatic carbocycles. The predicted molar refractivity (Wildman–Crippen MR) is 79.4 cm³/mol. The molecule has 2 rings (SSSR count). The van der Waals surface area contributed by atoms with Gasteiger partial charge in [0.15, 0.2) is 0 Å². The van der Waals surface area contributed by atoms with E-state index < -0.39 is 0 Å². The first-order valence-electron chi connectivity index (χ1n) is 6.28. The Balaban J connectivity index is 2.56. The van der Waals surface area contributed by atoms with Crippen LogP contribution in [0.3, 0.4) is 0 Å². The minimum absolute atomic E-state index is 0.0324. The van der Waals surface area contributed by atoms with Crippen LogP contribution in [-0.4, -0.2) is 9.78 Å². The highest BCUT2D eigenvalue weighted by atomic mass is 15.3. The van der Waals surface area contributed by atoms with Crippen LogP contribution >= 0.6 is 0 Å². The van der Waals surface area contributed by atoms with E-state index in [-0.39, 0.29) is 5.41 Å². The van der Waals surface area contributed by atoms with Gasteiger partial charge in [-0.2, -0.15) is 5.10 Å². The molecule has 2 aromatic rings. The number of nitrogen functional groups attached to an aromatic ring is 1. The molecule has 0 saturated heterocycles. The molecule has 0 aliphatic carbocycles. The summed E-state index contributed by atoms with van der Waals surface area (Å²) in [7, 11) is 1.91. The van der Waals surface area contributed by atoms with Crippen molar-refractivity contribution in [2.24, 2.45) is 12.5 Å². The molecule has 98 valence electrons. The van der Waals surface area contributed by atoms with Gasteiger partial charge in [0.25, 0.3) is 0 Å². The van der Waals surface area contributed by atoms with Crippen molar-refractivity contribution in [1.29, 1.82) is 0 Å². The number of aromatic nitrogens is 2. The summed E-state index contributed by atoms with van der Waals surface area (Å²) >= 11 is 0. The number of para-hydroxylation sites is 1. The Morgan fingerprint density at radius 2 is 1.89 bits per heavy atom. The Labute approximate surface area is 114 Å². The van der Waals surface area contributed by atoms with E-state index >= 15 is 0 Å². The third-order valence-corrected chi connectivity index (χ3v) is 2.73. The lowest BCUT2D eigenvalue weighted by Gasteiger charge is -2.08. The van der Waals surface area contributed by atoms with E-state index in [1.807, 2.05) is 36.0 Å². The zero-order valence-electron chi connectivity index (χ0n) is 11.9. The molecule has 0 spiro atoms. The maximum atomic E-state index is 6.04. The summed E-state index contributed by atoms with van der Waals surface area (Å²) in [5.74, 6) is 6.45. The van der Waals surface area contributed by atoms with Crippen molar-refractivity contribution in [2.75, 3.05) is 5.73 Å². The number of hydrogen-bond donors (Lipinski definition) is 1. The number of anilines is 1. The number of rotatable bonds is 1. The van der Waals surface area contributed by atoms with E-state index in [2.05, 4.69) is 37.7 Å². The Bertz CT molecular complexity index is 649. The predicted octanol–water partition coefficient (Wildman–Crippen LogP) is 3.07. The Morgan fingerprint density at radius 3 is 2.53 bits per heavy atom. The molecule has 0 aliphatic rings. The van der Waals surface area contributed by atoms with Crippen molar-refractivity contribution in [3.63, 3.8) is 0 Å². The largest absolute Gasteiger partial charge is 0.398 e. The van der Waals surface area contributed by atoms with Crippen molar-refractivity contribution < 1.29 is 0 Å². The second-order valence-corrected chi connectivity index (χ2v) is 5.62. The summed E-state index contributed by atoms with van der Waals surface area (Å²) in [6.45, 7) is 6.27. The van der Waals surface area contributed by atoms with Crippen LogP contribution < -0.4 is 5.73 Å². The fourth-order valence-corrected chi connectivity index (χ4v) is 1.82. The van der Waals surface area contributed by atoms with Crippen molar-refractivity contribution in [1.82, 2.24) is 9.78 Å². The summed E-state index contributed by atoms with van der Waals surface area (Å²) in [5.41, 5.74) is 9.60. The molecule has 0 fully saturated rings. The Morgan fingerprint density at radius 1 is 1.21 bits per heavy atom. The molecule has 0 amide bonds. The molecule has 3 nitrogen and oxygen atoms in total. The monoisotopic (exact) mass is 253 g/mol. The van der Waals surface area contributed by atoms with Gasteiger partial charge in [-0.05, 0) is 26.8 Å². The van der Waals surface area contributed by atoms with Gasteiger partial charge < -0.3 is 5.73 Å². The number of nitrogens with two attached hydrogens (primary N) is 1. The van der Waals surface area contributed by atoms with Crippen molar-refractivity contribution in [2.45, 2.75) is 20.8 Å². The molecule has 2 N–H and O–H groups in total. The first kappa shape index (κ1) is 13.2. The highest BCUT2D eigenvalue weighted by Gasteiger charge is 2.12. The number of aryl methyl sites for hydroxylation is 1. The summed E-state index contributed by atoms with van der Waals surface area (Å²) in [6, 6.07) is 7.79. The third kappa shape index (κ3) is 2.97. The maximum Gasteiger partial charge on any atom is 0.0856 e. The molecular formula is C16H19N3. The lowest BCUT2D eigenvalue weighted by molar-refractivity contribution is 0.571. The van der Waals surface area contributed by atoms with Gasteiger partial charge >= 0.3 is 0 Å². The zero-order valence-corrected chi connectivity index (χ0v) is 11.9. The average Bonchev–Trinajstić information content (AvgIpc) is 2.68. The molecule has 19 heavy (non-hydrogen) atoms. The van der Waals surface area contributed by atoms with Gasteiger partial charge in [0.2, 0.25) is 0 Å². The highest BCUT2D eigenvalue weighted by Crippen LogP contribution is 2.28. The highest BCUT2D eigenvalue weighted by molar-refractivity contribution is 5.77. The molecule has 0 saturated carbocycles. The van der Waals surface area contributed by atoms with Gasteiger partial charge in [-0.25, -0.2) is 0 Å². The molecular weight excluding hydrogens is 234 g/mol.